The van der Waals surface area contributed by atoms with Gasteiger partial charge in [0, 0.05) is 31.4 Å². The quantitative estimate of drug-likeness (QED) is 0.715. The summed E-state index contributed by atoms with van der Waals surface area (Å²) < 4.78 is 1.81. The van der Waals surface area contributed by atoms with E-state index in [9.17, 15) is 4.79 Å². The van der Waals surface area contributed by atoms with Gasteiger partial charge in [0.05, 0.1) is 11.4 Å². The van der Waals surface area contributed by atoms with E-state index in [4.69, 9.17) is 0 Å². The van der Waals surface area contributed by atoms with Gasteiger partial charge in [0.15, 0.2) is 0 Å². The summed E-state index contributed by atoms with van der Waals surface area (Å²) in [5.74, 6) is 0.405. The molecule has 2 heterocycles. The van der Waals surface area contributed by atoms with Gasteiger partial charge in [-0.15, -0.1) is 10.2 Å². The van der Waals surface area contributed by atoms with Gasteiger partial charge in [0.1, 0.15) is 12.7 Å². The van der Waals surface area contributed by atoms with E-state index >= 15 is 0 Å². The van der Waals surface area contributed by atoms with Crippen LogP contribution in [0.25, 0.3) is 5.69 Å². The molecule has 26 heavy (non-hydrogen) atoms. The predicted octanol–water partition coefficient (Wildman–Crippen LogP) is 3.00. The van der Waals surface area contributed by atoms with Crippen LogP contribution in [-0.4, -0.2) is 40.8 Å². The van der Waals surface area contributed by atoms with Crippen molar-refractivity contribution in [2.45, 2.75) is 6.92 Å². The van der Waals surface area contributed by atoms with Crippen molar-refractivity contribution in [2.24, 2.45) is 5.92 Å². The summed E-state index contributed by atoms with van der Waals surface area (Å²) in [6.45, 7) is 3.80. The van der Waals surface area contributed by atoms with Crippen LogP contribution in [0.4, 0.5) is 11.4 Å². The monoisotopic (exact) mass is 347 g/mol. The SMILES string of the molecule is CC1CN(C)c2ccccc2N(C(=O)c2ccc(-n3cnnc3)cc2)C1. The molecule has 1 unspecified atom stereocenters. The van der Waals surface area contributed by atoms with Crippen LogP contribution in [-0.2, 0) is 0 Å². The number of benzene rings is 2. The number of amides is 1. The number of fused-ring (bicyclic) bond motifs is 1. The first-order chi connectivity index (χ1) is 12.6. The molecule has 1 aliphatic heterocycles. The maximum Gasteiger partial charge on any atom is 0.258 e. The standard InChI is InChI=1S/C20H21N5O/c1-15-11-23(2)18-5-3-4-6-19(18)25(12-15)20(26)16-7-9-17(10-8-16)24-13-21-22-14-24/h3-10,13-15H,11-12H2,1-2H3. The number of anilines is 2. The Morgan fingerprint density at radius 1 is 0.962 bits per heavy atom. The number of rotatable bonds is 2. The van der Waals surface area contributed by atoms with Gasteiger partial charge in [0.25, 0.3) is 5.91 Å². The van der Waals surface area contributed by atoms with Crippen molar-refractivity contribution in [1.29, 1.82) is 0 Å². The lowest BCUT2D eigenvalue weighted by atomic mass is 10.1. The number of hydrogen-bond acceptors (Lipinski definition) is 4. The highest BCUT2D eigenvalue weighted by Gasteiger charge is 2.27. The zero-order valence-corrected chi connectivity index (χ0v) is 14.9. The van der Waals surface area contributed by atoms with Gasteiger partial charge >= 0.3 is 0 Å². The average Bonchev–Trinajstić information content (AvgIpc) is 3.16. The largest absolute Gasteiger partial charge is 0.373 e. The van der Waals surface area contributed by atoms with Gasteiger partial charge in [0.2, 0.25) is 0 Å². The van der Waals surface area contributed by atoms with E-state index in [0.717, 1.165) is 23.6 Å². The Kier molecular flexibility index (Phi) is 4.16. The Balaban J connectivity index is 1.67. The van der Waals surface area contributed by atoms with E-state index in [1.807, 2.05) is 51.9 Å². The summed E-state index contributed by atoms with van der Waals surface area (Å²) in [5, 5.41) is 7.63. The highest BCUT2D eigenvalue weighted by Crippen LogP contribution is 2.33. The third-order valence-electron chi connectivity index (χ3n) is 4.74. The molecular weight excluding hydrogens is 326 g/mol. The van der Waals surface area contributed by atoms with Gasteiger partial charge in [-0.2, -0.15) is 0 Å². The van der Waals surface area contributed by atoms with Gasteiger partial charge in [-0.25, -0.2) is 0 Å². The first kappa shape index (κ1) is 16.3. The molecule has 0 bridgehead atoms. The van der Waals surface area contributed by atoms with Gasteiger partial charge < -0.3 is 9.80 Å². The molecule has 0 N–H and O–H groups in total. The first-order valence-corrected chi connectivity index (χ1v) is 8.70. The lowest BCUT2D eigenvalue weighted by molar-refractivity contribution is 0.0984. The molecule has 1 aliphatic rings. The lowest BCUT2D eigenvalue weighted by Gasteiger charge is -2.24. The highest BCUT2D eigenvalue weighted by molar-refractivity contribution is 6.08. The number of carbonyl (C=O) groups is 1. The predicted molar refractivity (Wildman–Crippen MR) is 102 cm³/mol. The molecule has 1 aromatic heterocycles. The second-order valence-corrected chi connectivity index (χ2v) is 6.81. The third-order valence-corrected chi connectivity index (χ3v) is 4.74. The van der Waals surface area contributed by atoms with Crippen molar-refractivity contribution < 1.29 is 4.79 Å². The molecule has 2 aromatic carbocycles. The van der Waals surface area contributed by atoms with E-state index in [2.05, 4.69) is 35.1 Å². The maximum absolute atomic E-state index is 13.2. The van der Waals surface area contributed by atoms with E-state index < -0.39 is 0 Å². The van der Waals surface area contributed by atoms with Crippen molar-refractivity contribution in [2.75, 3.05) is 29.9 Å². The van der Waals surface area contributed by atoms with Crippen LogP contribution in [0.1, 0.15) is 17.3 Å². The van der Waals surface area contributed by atoms with E-state index in [0.29, 0.717) is 18.0 Å². The summed E-state index contributed by atoms with van der Waals surface area (Å²) in [6.07, 6.45) is 3.28. The van der Waals surface area contributed by atoms with Crippen molar-refractivity contribution in [3.63, 3.8) is 0 Å². The summed E-state index contributed by atoms with van der Waals surface area (Å²) in [6, 6.07) is 15.6. The van der Waals surface area contributed by atoms with Gasteiger partial charge in [-0.3, -0.25) is 9.36 Å². The first-order valence-electron chi connectivity index (χ1n) is 8.70. The Morgan fingerprint density at radius 2 is 1.62 bits per heavy atom. The summed E-state index contributed by atoms with van der Waals surface area (Å²) in [5.41, 5.74) is 3.66. The molecule has 0 saturated carbocycles. The molecule has 3 aromatic rings. The number of carbonyl (C=O) groups excluding carboxylic acids is 1. The second kappa shape index (κ2) is 6.63. The molecule has 6 heteroatoms. The van der Waals surface area contributed by atoms with Crippen molar-refractivity contribution in [1.82, 2.24) is 14.8 Å². The smallest absolute Gasteiger partial charge is 0.258 e. The molecule has 1 amide bonds. The highest BCUT2D eigenvalue weighted by atomic mass is 16.2. The van der Waals surface area contributed by atoms with Crippen LogP contribution < -0.4 is 9.80 Å². The minimum atomic E-state index is 0.0231. The Bertz CT molecular complexity index is 904. The van der Waals surface area contributed by atoms with Crippen molar-refractivity contribution in [3.8, 4) is 5.69 Å². The van der Waals surface area contributed by atoms with E-state index in [-0.39, 0.29) is 5.91 Å². The number of hydrogen-bond donors (Lipinski definition) is 0. The molecule has 0 radical (unpaired) electrons. The zero-order valence-electron chi connectivity index (χ0n) is 14.9. The topological polar surface area (TPSA) is 54.3 Å². The minimum Gasteiger partial charge on any atom is -0.373 e. The van der Waals surface area contributed by atoms with E-state index in [1.54, 1.807) is 12.7 Å². The third kappa shape index (κ3) is 2.94. The zero-order chi connectivity index (χ0) is 18.1. The normalized spacial score (nSPS) is 16.9. The molecule has 6 nitrogen and oxygen atoms in total. The summed E-state index contributed by atoms with van der Waals surface area (Å²) in [7, 11) is 2.08. The fraction of sp³-hybridized carbons (Fsp3) is 0.250. The maximum atomic E-state index is 13.2. The fourth-order valence-electron chi connectivity index (χ4n) is 3.51. The lowest BCUT2D eigenvalue weighted by Crippen LogP contribution is -2.34. The molecule has 0 aliphatic carbocycles. The molecular formula is C20H21N5O. The minimum absolute atomic E-state index is 0.0231. The molecule has 132 valence electrons. The summed E-state index contributed by atoms with van der Waals surface area (Å²) >= 11 is 0. The van der Waals surface area contributed by atoms with Crippen LogP contribution in [0, 0.1) is 5.92 Å². The fourth-order valence-corrected chi connectivity index (χ4v) is 3.51. The van der Waals surface area contributed by atoms with Crippen LogP contribution in [0.2, 0.25) is 0 Å². The van der Waals surface area contributed by atoms with Gasteiger partial charge in [-0.1, -0.05) is 19.1 Å². The van der Waals surface area contributed by atoms with E-state index in [1.165, 1.54) is 0 Å². The van der Waals surface area contributed by atoms with Gasteiger partial charge in [-0.05, 0) is 42.3 Å². The Hall–Kier alpha value is -3.15. The summed E-state index contributed by atoms with van der Waals surface area (Å²) in [4.78, 5) is 17.4. The molecule has 0 spiro atoms. The number of aromatic nitrogens is 3. The number of nitrogens with zero attached hydrogens (tertiary/aromatic N) is 5. The Labute approximate surface area is 152 Å². The number of para-hydroxylation sites is 2. The van der Waals surface area contributed by atoms with Crippen molar-refractivity contribution in [3.05, 3.63) is 66.7 Å². The Morgan fingerprint density at radius 3 is 2.31 bits per heavy atom. The molecule has 1 atom stereocenters. The van der Waals surface area contributed by atoms with Crippen LogP contribution in [0.15, 0.2) is 61.2 Å². The average molecular weight is 347 g/mol. The van der Waals surface area contributed by atoms with Crippen molar-refractivity contribution >= 4 is 17.3 Å². The van der Waals surface area contributed by atoms with Crippen LogP contribution in [0.3, 0.4) is 0 Å². The molecule has 4 rings (SSSR count). The molecule has 0 fully saturated rings. The van der Waals surface area contributed by atoms with Crippen LogP contribution in [0.5, 0.6) is 0 Å². The van der Waals surface area contributed by atoms with Crippen LogP contribution >= 0.6 is 0 Å². The molecule has 0 saturated heterocycles. The second-order valence-electron chi connectivity index (χ2n) is 6.81.